The van der Waals surface area contributed by atoms with Crippen molar-refractivity contribution in [1.29, 1.82) is 5.26 Å². The first-order valence-corrected chi connectivity index (χ1v) is 14.9. The third kappa shape index (κ3) is 5.59. The summed E-state index contributed by atoms with van der Waals surface area (Å²) in [6.07, 6.45) is -1.56. The largest absolute Gasteiger partial charge is 0.463 e. The van der Waals surface area contributed by atoms with Gasteiger partial charge in [-0.2, -0.15) is 18.4 Å². The number of nitriles is 1. The van der Waals surface area contributed by atoms with Crippen molar-refractivity contribution in [3.8, 4) is 6.07 Å². The molecule has 45 heavy (non-hydrogen) atoms. The highest BCUT2D eigenvalue weighted by Crippen LogP contribution is 2.38. The first kappa shape index (κ1) is 30.1. The number of hydrogen-bond donors (Lipinski definition) is 0. The number of para-hydroxylation sites is 1. The van der Waals surface area contributed by atoms with Gasteiger partial charge in [0.15, 0.2) is 10.5 Å². The Morgan fingerprint density at radius 3 is 2.53 bits per heavy atom. The third-order valence-electron chi connectivity index (χ3n) is 7.37. The second-order valence-corrected chi connectivity index (χ2v) is 11.6. The van der Waals surface area contributed by atoms with E-state index in [9.17, 15) is 28.0 Å². The molecule has 2 aromatic heterocycles. The quantitative estimate of drug-likeness (QED) is 0.216. The molecule has 3 heterocycles. The van der Waals surface area contributed by atoms with Crippen molar-refractivity contribution in [2.75, 3.05) is 6.61 Å². The zero-order valence-corrected chi connectivity index (χ0v) is 25.1. The highest BCUT2D eigenvalue weighted by atomic mass is 35.5. The van der Waals surface area contributed by atoms with E-state index in [1.165, 1.54) is 31.2 Å². The Balaban J connectivity index is 1.57. The van der Waals surface area contributed by atoms with Crippen molar-refractivity contribution in [2.45, 2.75) is 25.7 Å². The van der Waals surface area contributed by atoms with E-state index < -0.39 is 35.0 Å². The summed E-state index contributed by atoms with van der Waals surface area (Å²) in [5.74, 6) is -1.22. The predicted molar refractivity (Wildman–Crippen MR) is 164 cm³/mol. The van der Waals surface area contributed by atoms with E-state index in [-0.39, 0.29) is 21.5 Å². The molecule has 6 rings (SSSR count). The topological polar surface area (TPSA) is 89.4 Å². The standard InChI is InChI=1S/C33H22ClF3N4O3S/c1-2-44-31(43)27-28(19-11-13-23(34)14-12-19)41-30(42)26(45-32(41)39-29(27)33(35,36)37)15-22-18-40(25-10-6-5-9-24(22)25)17-21-8-4-3-7-20(21)16-38/h3-15,18,28H,2,17H2,1H3/b26-15-/t28-/m0/s1. The molecule has 0 N–H and O–H groups in total. The fourth-order valence-electron chi connectivity index (χ4n) is 5.41. The van der Waals surface area contributed by atoms with Gasteiger partial charge in [0.05, 0.1) is 34.4 Å². The van der Waals surface area contributed by atoms with Gasteiger partial charge in [-0.15, -0.1) is 0 Å². The molecule has 1 atom stereocenters. The van der Waals surface area contributed by atoms with Crippen LogP contribution >= 0.6 is 22.9 Å². The zero-order valence-electron chi connectivity index (χ0n) is 23.5. The lowest BCUT2D eigenvalue weighted by atomic mass is 9.95. The molecule has 7 nitrogen and oxygen atoms in total. The summed E-state index contributed by atoms with van der Waals surface area (Å²) in [7, 11) is 0. The van der Waals surface area contributed by atoms with Gasteiger partial charge in [-0.05, 0) is 48.4 Å². The number of aromatic nitrogens is 2. The maximum Gasteiger partial charge on any atom is 0.434 e. The molecule has 0 bridgehead atoms. The molecule has 1 aliphatic heterocycles. The first-order chi connectivity index (χ1) is 21.6. The zero-order chi connectivity index (χ0) is 31.9. The van der Waals surface area contributed by atoms with Crippen molar-refractivity contribution >= 4 is 45.9 Å². The van der Waals surface area contributed by atoms with E-state index in [1.807, 2.05) is 47.2 Å². The lowest BCUT2D eigenvalue weighted by Gasteiger charge is -2.26. The minimum absolute atomic E-state index is 0.125. The fraction of sp³-hybridized carbons (Fsp3) is 0.152. The second kappa shape index (κ2) is 11.9. The number of esters is 1. The molecule has 12 heteroatoms. The average Bonchev–Trinajstić information content (AvgIpc) is 3.53. The Morgan fingerprint density at radius 1 is 1.11 bits per heavy atom. The van der Waals surface area contributed by atoms with Gasteiger partial charge in [0.2, 0.25) is 0 Å². The van der Waals surface area contributed by atoms with E-state index in [1.54, 1.807) is 18.2 Å². The van der Waals surface area contributed by atoms with Crippen molar-refractivity contribution < 1.29 is 22.7 Å². The molecule has 1 aliphatic rings. The molecule has 0 saturated heterocycles. The van der Waals surface area contributed by atoms with E-state index in [0.29, 0.717) is 22.7 Å². The highest BCUT2D eigenvalue weighted by molar-refractivity contribution is 7.07. The van der Waals surface area contributed by atoms with Crippen molar-refractivity contribution in [1.82, 2.24) is 9.13 Å². The number of carbonyl (C=O) groups excluding carboxylic acids is 1. The molecular weight excluding hydrogens is 625 g/mol. The van der Waals surface area contributed by atoms with Crippen LogP contribution in [0.5, 0.6) is 0 Å². The summed E-state index contributed by atoms with van der Waals surface area (Å²) in [5, 5.41) is 10.7. The molecular formula is C33H22ClF3N4O3S. The van der Waals surface area contributed by atoms with Crippen LogP contribution in [0.15, 0.2) is 100 Å². The number of allylic oxidation sites excluding steroid dienone is 1. The number of ether oxygens (including phenoxy) is 1. The minimum Gasteiger partial charge on any atom is -0.463 e. The number of fused-ring (bicyclic) bond motifs is 2. The van der Waals surface area contributed by atoms with Crippen molar-refractivity contribution in [2.24, 2.45) is 4.99 Å². The maximum absolute atomic E-state index is 14.4. The van der Waals surface area contributed by atoms with Crippen LogP contribution in [0.4, 0.5) is 13.2 Å². The molecule has 226 valence electrons. The maximum atomic E-state index is 14.4. The van der Waals surface area contributed by atoms with E-state index in [4.69, 9.17) is 16.3 Å². The van der Waals surface area contributed by atoms with Crippen LogP contribution in [0, 0.1) is 11.3 Å². The van der Waals surface area contributed by atoms with E-state index in [2.05, 4.69) is 11.1 Å². The molecule has 0 amide bonds. The second-order valence-electron chi connectivity index (χ2n) is 10.1. The minimum atomic E-state index is -5.00. The van der Waals surface area contributed by atoms with E-state index in [0.717, 1.165) is 32.4 Å². The number of alkyl halides is 3. The number of carbonyl (C=O) groups is 1. The van der Waals surface area contributed by atoms with Crippen molar-refractivity contribution in [3.05, 3.63) is 137 Å². The van der Waals surface area contributed by atoms with Crippen LogP contribution in [0.3, 0.4) is 0 Å². The monoisotopic (exact) mass is 646 g/mol. The Bertz CT molecular complexity index is 2220. The van der Waals surface area contributed by atoms with Gasteiger partial charge in [0, 0.05) is 34.2 Å². The van der Waals surface area contributed by atoms with Crippen LogP contribution in [0.2, 0.25) is 5.02 Å². The lowest BCUT2D eigenvalue weighted by Crippen LogP contribution is -2.41. The van der Waals surface area contributed by atoms with Crippen LogP contribution in [0.25, 0.3) is 17.0 Å². The van der Waals surface area contributed by atoms with Crippen LogP contribution < -0.4 is 14.9 Å². The Labute approximate surface area is 263 Å². The molecule has 0 saturated carbocycles. The lowest BCUT2D eigenvalue weighted by molar-refractivity contribution is -0.140. The van der Waals surface area contributed by atoms with Gasteiger partial charge in [0.1, 0.15) is 0 Å². The number of rotatable bonds is 6. The van der Waals surface area contributed by atoms with Gasteiger partial charge < -0.3 is 9.30 Å². The summed E-state index contributed by atoms with van der Waals surface area (Å²) in [6.45, 7) is 1.69. The van der Waals surface area contributed by atoms with Gasteiger partial charge in [0.25, 0.3) is 5.56 Å². The van der Waals surface area contributed by atoms with Gasteiger partial charge in [-0.1, -0.05) is 71.5 Å². The molecule has 0 aliphatic carbocycles. The SMILES string of the molecule is CCOC(=O)C1=C(C(F)(F)F)N=c2s/c(=C\c3cn(Cc4ccccc4C#N)c4ccccc34)c(=O)n2[C@H]1c1ccc(Cl)cc1. The molecule has 0 spiro atoms. The number of nitrogens with zero attached hydrogens (tertiary/aromatic N) is 4. The first-order valence-electron chi connectivity index (χ1n) is 13.7. The number of thiazole rings is 1. The molecule has 3 aromatic carbocycles. The number of halogens is 4. The van der Waals surface area contributed by atoms with Crippen LogP contribution in [0.1, 0.15) is 35.2 Å². The Kier molecular flexibility index (Phi) is 7.95. The van der Waals surface area contributed by atoms with Gasteiger partial charge in [-0.3, -0.25) is 9.36 Å². The molecule has 0 radical (unpaired) electrons. The average molecular weight is 647 g/mol. The highest BCUT2D eigenvalue weighted by Gasteiger charge is 2.45. The Hall–Kier alpha value is -4.92. The summed E-state index contributed by atoms with van der Waals surface area (Å²) >= 11 is 6.85. The molecule has 0 fully saturated rings. The smallest absolute Gasteiger partial charge is 0.434 e. The summed E-state index contributed by atoms with van der Waals surface area (Å²) in [5.41, 5.74) is 0.250. The molecule has 5 aromatic rings. The van der Waals surface area contributed by atoms with Crippen LogP contribution in [-0.4, -0.2) is 27.9 Å². The molecule has 0 unspecified atom stereocenters. The summed E-state index contributed by atoms with van der Waals surface area (Å²) < 4.78 is 51.4. The van der Waals surface area contributed by atoms with E-state index >= 15 is 0 Å². The number of hydrogen-bond acceptors (Lipinski definition) is 6. The van der Waals surface area contributed by atoms with Crippen LogP contribution in [-0.2, 0) is 16.1 Å². The van der Waals surface area contributed by atoms with Gasteiger partial charge >= 0.3 is 12.1 Å². The predicted octanol–water partition coefficient (Wildman–Crippen LogP) is 5.87. The van der Waals surface area contributed by atoms with Crippen molar-refractivity contribution in [3.63, 3.8) is 0 Å². The Morgan fingerprint density at radius 2 is 1.82 bits per heavy atom. The van der Waals surface area contributed by atoms with Gasteiger partial charge in [-0.25, -0.2) is 9.79 Å². The summed E-state index contributed by atoms with van der Waals surface area (Å²) in [4.78, 5) is 30.7. The summed E-state index contributed by atoms with van der Waals surface area (Å²) in [6, 6.07) is 21.4. The fourth-order valence-corrected chi connectivity index (χ4v) is 6.53. The third-order valence-corrected chi connectivity index (χ3v) is 8.60. The number of benzene rings is 3. The normalized spacial score (nSPS) is 15.1.